The minimum Gasteiger partial charge on any atom is -0.494 e. The van der Waals surface area contributed by atoms with Crippen molar-refractivity contribution >= 4 is 0 Å². The first-order valence-corrected chi connectivity index (χ1v) is 6.75. The van der Waals surface area contributed by atoms with E-state index < -0.39 is 5.60 Å². The smallest absolute Gasteiger partial charge is 0.123 e. The molecule has 0 spiro atoms. The van der Waals surface area contributed by atoms with Gasteiger partial charge in [-0.25, -0.2) is 0 Å². The van der Waals surface area contributed by atoms with Crippen molar-refractivity contribution in [2.45, 2.75) is 19.4 Å². The average Bonchev–Trinajstić information content (AvgIpc) is 2.47. The summed E-state index contributed by atoms with van der Waals surface area (Å²) in [4.78, 5) is 0. The summed E-state index contributed by atoms with van der Waals surface area (Å²) in [5.41, 5.74) is -0.191. The summed E-state index contributed by atoms with van der Waals surface area (Å²) in [7, 11) is 0. The van der Waals surface area contributed by atoms with Crippen molar-refractivity contribution in [3.63, 3.8) is 0 Å². The Morgan fingerprint density at radius 2 is 1.60 bits per heavy atom. The number of benzene rings is 2. The van der Waals surface area contributed by atoms with Gasteiger partial charge in [-0.1, -0.05) is 36.4 Å². The van der Waals surface area contributed by atoms with Crippen molar-refractivity contribution in [1.29, 1.82) is 0 Å². The molecule has 3 nitrogen and oxygen atoms in total. The van der Waals surface area contributed by atoms with E-state index in [-0.39, 0.29) is 6.61 Å². The van der Waals surface area contributed by atoms with Gasteiger partial charge in [0, 0.05) is 6.07 Å². The van der Waals surface area contributed by atoms with E-state index in [1.165, 1.54) is 0 Å². The van der Waals surface area contributed by atoms with Crippen LogP contribution in [0.2, 0.25) is 0 Å². The van der Waals surface area contributed by atoms with Crippen LogP contribution in [-0.2, 0) is 5.60 Å². The summed E-state index contributed by atoms with van der Waals surface area (Å²) in [5.74, 6) is 1.46. The summed E-state index contributed by atoms with van der Waals surface area (Å²) >= 11 is 0. The second-order valence-corrected chi connectivity index (χ2v) is 4.84. The van der Waals surface area contributed by atoms with Gasteiger partial charge in [-0.2, -0.15) is 0 Å². The van der Waals surface area contributed by atoms with Crippen LogP contribution in [0.5, 0.6) is 11.5 Å². The molecular weight excluding hydrogens is 252 g/mol. The Balaban J connectivity index is 2.02. The molecule has 1 atom stereocenters. The van der Waals surface area contributed by atoms with Crippen molar-refractivity contribution in [2.24, 2.45) is 0 Å². The van der Waals surface area contributed by atoms with Crippen molar-refractivity contribution in [2.75, 3.05) is 13.2 Å². The SMILES string of the molecule is CCOc1cccc(OCC(C)(O)c2ccccc2)c1. The lowest BCUT2D eigenvalue weighted by Crippen LogP contribution is -2.29. The first-order valence-electron chi connectivity index (χ1n) is 6.75. The Kier molecular flexibility index (Phi) is 4.64. The zero-order valence-corrected chi connectivity index (χ0v) is 11.9. The van der Waals surface area contributed by atoms with Crippen LogP contribution in [0.1, 0.15) is 19.4 Å². The Labute approximate surface area is 119 Å². The molecule has 0 saturated heterocycles. The number of hydrogen-bond acceptors (Lipinski definition) is 3. The second-order valence-electron chi connectivity index (χ2n) is 4.84. The minimum atomic E-state index is -1.02. The topological polar surface area (TPSA) is 38.7 Å². The molecule has 0 aliphatic carbocycles. The van der Waals surface area contributed by atoms with E-state index in [0.717, 1.165) is 11.3 Å². The van der Waals surface area contributed by atoms with Gasteiger partial charge in [0.15, 0.2) is 0 Å². The van der Waals surface area contributed by atoms with Crippen LogP contribution in [0.25, 0.3) is 0 Å². The lowest BCUT2D eigenvalue weighted by molar-refractivity contribution is 0.00752. The van der Waals surface area contributed by atoms with Gasteiger partial charge in [0.25, 0.3) is 0 Å². The molecule has 0 bridgehead atoms. The molecule has 0 saturated carbocycles. The summed E-state index contributed by atoms with van der Waals surface area (Å²) in [5, 5.41) is 10.5. The van der Waals surface area contributed by atoms with Crippen LogP contribution in [0.3, 0.4) is 0 Å². The molecule has 0 fully saturated rings. The minimum absolute atomic E-state index is 0.187. The molecular formula is C17H20O3. The standard InChI is InChI=1S/C17H20O3/c1-3-19-15-10-7-11-16(12-15)20-13-17(2,18)14-8-5-4-6-9-14/h4-12,18H,3,13H2,1-2H3. The van der Waals surface area contributed by atoms with Gasteiger partial charge < -0.3 is 14.6 Å². The normalized spacial score (nSPS) is 13.6. The quantitative estimate of drug-likeness (QED) is 0.876. The zero-order valence-electron chi connectivity index (χ0n) is 11.9. The largest absolute Gasteiger partial charge is 0.494 e. The molecule has 2 aromatic carbocycles. The third kappa shape index (κ3) is 3.75. The second kappa shape index (κ2) is 6.44. The number of ether oxygens (including phenoxy) is 2. The summed E-state index contributed by atoms with van der Waals surface area (Å²) in [6, 6.07) is 16.9. The average molecular weight is 272 g/mol. The van der Waals surface area contributed by atoms with Crippen LogP contribution in [0.15, 0.2) is 54.6 Å². The third-order valence-electron chi connectivity index (χ3n) is 3.03. The van der Waals surface area contributed by atoms with E-state index in [1.54, 1.807) is 6.92 Å². The molecule has 0 aliphatic rings. The van der Waals surface area contributed by atoms with Gasteiger partial charge in [0.1, 0.15) is 23.7 Å². The van der Waals surface area contributed by atoms with Crippen LogP contribution in [-0.4, -0.2) is 18.3 Å². The van der Waals surface area contributed by atoms with Crippen molar-refractivity contribution in [1.82, 2.24) is 0 Å². The first-order chi connectivity index (χ1) is 9.62. The van der Waals surface area contributed by atoms with E-state index in [4.69, 9.17) is 9.47 Å². The molecule has 106 valence electrons. The maximum absolute atomic E-state index is 10.5. The predicted octanol–water partition coefficient (Wildman–Crippen LogP) is 3.37. The summed E-state index contributed by atoms with van der Waals surface area (Å²) in [6.45, 7) is 4.49. The summed E-state index contributed by atoms with van der Waals surface area (Å²) < 4.78 is 11.1. The molecule has 1 unspecified atom stereocenters. The highest BCUT2D eigenvalue weighted by atomic mass is 16.5. The molecule has 20 heavy (non-hydrogen) atoms. The third-order valence-corrected chi connectivity index (χ3v) is 3.03. The first kappa shape index (κ1) is 14.4. The Morgan fingerprint density at radius 3 is 2.25 bits per heavy atom. The molecule has 3 heteroatoms. The number of rotatable bonds is 6. The van der Waals surface area contributed by atoms with Crippen molar-refractivity contribution in [3.8, 4) is 11.5 Å². The van der Waals surface area contributed by atoms with Gasteiger partial charge in [0.05, 0.1) is 6.61 Å². The molecule has 1 N–H and O–H groups in total. The van der Waals surface area contributed by atoms with E-state index >= 15 is 0 Å². The maximum atomic E-state index is 10.5. The molecule has 0 aliphatic heterocycles. The Hall–Kier alpha value is -2.00. The maximum Gasteiger partial charge on any atom is 0.123 e. The molecule has 2 aromatic rings. The highest BCUT2D eigenvalue weighted by molar-refractivity contribution is 5.33. The van der Waals surface area contributed by atoms with E-state index in [0.29, 0.717) is 12.4 Å². The Bertz CT molecular complexity index is 535. The van der Waals surface area contributed by atoms with Crippen molar-refractivity contribution in [3.05, 3.63) is 60.2 Å². The monoisotopic (exact) mass is 272 g/mol. The van der Waals surface area contributed by atoms with E-state index in [9.17, 15) is 5.11 Å². The fourth-order valence-corrected chi connectivity index (χ4v) is 1.92. The highest BCUT2D eigenvalue weighted by Crippen LogP contribution is 2.24. The fourth-order valence-electron chi connectivity index (χ4n) is 1.92. The molecule has 0 aromatic heterocycles. The van der Waals surface area contributed by atoms with E-state index in [1.807, 2.05) is 61.5 Å². The van der Waals surface area contributed by atoms with Gasteiger partial charge >= 0.3 is 0 Å². The lowest BCUT2D eigenvalue weighted by atomic mass is 9.97. The molecule has 0 heterocycles. The number of hydrogen-bond donors (Lipinski definition) is 1. The van der Waals surface area contributed by atoms with Crippen LogP contribution in [0.4, 0.5) is 0 Å². The van der Waals surface area contributed by atoms with Gasteiger partial charge in [-0.15, -0.1) is 0 Å². The molecule has 0 amide bonds. The van der Waals surface area contributed by atoms with Gasteiger partial charge in [-0.05, 0) is 31.5 Å². The van der Waals surface area contributed by atoms with E-state index in [2.05, 4.69) is 0 Å². The van der Waals surface area contributed by atoms with Gasteiger partial charge in [0.2, 0.25) is 0 Å². The van der Waals surface area contributed by atoms with Crippen LogP contribution >= 0.6 is 0 Å². The molecule has 0 radical (unpaired) electrons. The predicted molar refractivity (Wildman–Crippen MR) is 79.1 cm³/mol. The Morgan fingerprint density at radius 1 is 0.950 bits per heavy atom. The van der Waals surface area contributed by atoms with Crippen molar-refractivity contribution < 1.29 is 14.6 Å². The highest BCUT2D eigenvalue weighted by Gasteiger charge is 2.23. The number of aliphatic hydroxyl groups is 1. The molecule has 2 rings (SSSR count). The zero-order chi connectivity index (χ0) is 14.4. The van der Waals surface area contributed by atoms with Gasteiger partial charge in [-0.3, -0.25) is 0 Å². The van der Waals surface area contributed by atoms with Crippen LogP contribution < -0.4 is 9.47 Å². The van der Waals surface area contributed by atoms with Crippen LogP contribution in [0, 0.1) is 0 Å². The lowest BCUT2D eigenvalue weighted by Gasteiger charge is -2.24. The fraction of sp³-hybridized carbons (Fsp3) is 0.294. The summed E-state index contributed by atoms with van der Waals surface area (Å²) in [6.07, 6.45) is 0.